The number of fused-ring (bicyclic) bond motifs is 12. The van der Waals surface area contributed by atoms with E-state index in [2.05, 4.69) is 80.7 Å². The number of carbonyl (C=O) groups is 4. The number of ether oxygens (including phenoxy) is 1. The number of nitrogens with one attached hydrogen (secondary N) is 9. The lowest BCUT2D eigenvalue weighted by Gasteiger charge is -2.31. The van der Waals surface area contributed by atoms with Crippen LogP contribution in [0.4, 0.5) is 65.3 Å². The third kappa shape index (κ3) is 15.4. The van der Waals surface area contributed by atoms with E-state index in [4.69, 9.17) is 4.74 Å². The fourth-order valence-electron chi connectivity index (χ4n) is 19.0. The SMILES string of the molecule is CN1CCC(F)(F)n2ncc(S(=O)(=O)NC(=O)Nc3c4c(cc5c3CCC5)CCC4)c21.CN1CCn2ncc(S(=O)(=O)NC(=O)Nc3c4c(cc5c3CCC5)CCC4)c2C1.O=C(Nc1c2c(cc3c1CCC3)CCC2)NS(=O)(=O)c1cnn2c1CNCC2.O=C(Nc1c2c(cc3c1CCC3)CCC2)NS(=O)(=O)c1cnn2c1OCCC2(F)F. The van der Waals surface area contributed by atoms with Crippen molar-refractivity contribution in [3.63, 3.8) is 0 Å². The highest BCUT2D eigenvalue weighted by atomic mass is 32.2. The predicted molar refractivity (Wildman–Crippen MR) is 425 cm³/mol. The molecule has 4 aliphatic heterocycles. The number of likely N-dealkylation sites (N-methyl/N-ethyl adjacent to an activating group) is 1. The quantitative estimate of drug-likeness (QED) is 0.0516. The summed E-state index contributed by atoms with van der Waals surface area (Å²) in [6.07, 6.45) is 26.3. The standard InChI is InChI=1S/C20H23F2N5O3S.C20H25N5O3S.C19H20F2N4O4S.C19H23N5O3S/c1-26-9-8-20(21,22)27-18(26)16(11-23-27)31(29,30)25-19(28)24-17-14-6-2-4-12(14)10-13-5-3-7-15(13)17;1-24-8-9-25-17(12-24)18(11-21-25)29(27,28)23-20(26)22-19-15-6-2-4-13(15)10-14-5-3-7-16(14)19;20-19(21)7-8-29-17-15(10-22-25(17)19)30(27,28)24-18(26)23-16-13-5-1-3-11(13)9-12-4-2-6-14(12)16;25-19(23-28(26,27)17-11-21-24-8-7-20-10-16(17)24)22-18-14-5-1-3-12(14)9-13-4-2-6-15(13)18/h10-11H,2-9H2,1H3,(H2,24,25,28);10-11H,2-9,12H2,1H3,(H2,22,23,26);9-10H,1-8H2,(H2,23,24,26);9,11,20H,1-8,10H2,(H2,22,23,25). The number of amides is 8. The normalized spacial score (nSPS) is 18.5. The number of urea groups is 4. The van der Waals surface area contributed by atoms with Gasteiger partial charge in [0, 0.05) is 62.5 Å². The molecule has 118 heavy (non-hydrogen) atoms. The number of sulfonamides is 4. The van der Waals surface area contributed by atoms with Crippen LogP contribution in [0.1, 0.15) is 165 Å². The van der Waals surface area contributed by atoms with Crippen molar-refractivity contribution >= 4 is 92.8 Å². The van der Waals surface area contributed by atoms with E-state index in [0.717, 1.165) is 213 Å². The molecular weight excluding hydrogens is 1620 g/mol. The summed E-state index contributed by atoms with van der Waals surface area (Å²) in [6, 6.07) is -0.942. The first-order chi connectivity index (χ1) is 56.4. The lowest BCUT2D eigenvalue weighted by atomic mass is 9.99. The van der Waals surface area contributed by atoms with Crippen LogP contribution in [0.3, 0.4) is 0 Å². The van der Waals surface area contributed by atoms with Crippen LogP contribution in [-0.2, 0) is 181 Å². The summed E-state index contributed by atoms with van der Waals surface area (Å²) in [5.41, 5.74) is 23.1. The Kier molecular flexibility index (Phi) is 21.2. The molecule has 32 nitrogen and oxygen atoms in total. The van der Waals surface area contributed by atoms with Gasteiger partial charge in [-0.1, -0.05) is 24.3 Å². The van der Waals surface area contributed by atoms with Gasteiger partial charge in [0.2, 0.25) is 5.88 Å². The molecule has 8 aromatic rings. The van der Waals surface area contributed by atoms with E-state index in [1.54, 1.807) is 9.36 Å². The first kappa shape index (κ1) is 80.3. The molecule has 4 aromatic carbocycles. The van der Waals surface area contributed by atoms with E-state index in [9.17, 15) is 70.4 Å². The molecule has 0 spiro atoms. The first-order valence-electron chi connectivity index (χ1n) is 40.1. The maximum absolute atomic E-state index is 14.2. The number of rotatable bonds is 12. The van der Waals surface area contributed by atoms with Gasteiger partial charge in [0.15, 0.2) is 10.7 Å². The van der Waals surface area contributed by atoms with Crippen LogP contribution < -0.4 is 55.1 Å². The molecule has 0 saturated carbocycles. The lowest BCUT2D eigenvalue weighted by Crippen LogP contribution is -2.40. The monoisotopic (exact) mass is 1710 g/mol. The van der Waals surface area contributed by atoms with E-state index in [1.165, 1.54) is 91.1 Å². The zero-order valence-corrected chi connectivity index (χ0v) is 68.4. The molecule has 20 rings (SSSR count). The molecule has 12 aliphatic rings. The highest BCUT2D eigenvalue weighted by Gasteiger charge is 2.45. The number of alkyl halides is 4. The lowest BCUT2D eigenvalue weighted by molar-refractivity contribution is -0.129. The molecule has 8 heterocycles. The van der Waals surface area contributed by atoms with Crippen LogP contribution in [0.2, 0.25) is 0 Å². The summed E-state index contributed by atoms with van der Waals surface area (Å²) in [7, 11) is -13.4. The Morgan fingerprint density at radius 2 is 0.729 bits per heavy atom. The Balaban J connectivity index is 0.000000113. The number of hydrogen-bond acceptors (Lipinski definition) is 20. The average molecular weight is 1710 g/mol. The van der Waals surface area contributed by atoms with Crippen molar-refractivity contribution in [1.82, 2.24) is 68.2 Å². The molecule has 0 unspecified atom stereocenters. The molecule has 4 aromatic heterocycles. The van der Waals surface area contributed by atoms with Crippen LogP contribution in [-0.4, -0.2) is 142 Å². The molecular formula is C78H91F4N19O13S4. The molecule has 0 radical (unpaired) electrons. The summed E-state index contributed by atoms with van der Waals surface area (Å²) in [6.45, 7) is 3.31. The first-order valence-corrected chi connectivity index (χ1v) is 46.1. The van der Waals surface area contributed by atoms with E-state index in [1.807, 2.05) is 21.4 Å². The molecule has 0 fully saturated rings. The van der Waals surface area contributed by atoms with E-state index >= 15 is 0 Å². The van der Waals surface area contributed by atoms with Gasteiger partial charge < -0.3 is 36.2 Å². The third-order valence-electron chi connectivity index (χ3n) is 24.4. The summed E-state index contributed by atoms with van der Waals surface area (Å²) in [5, 5.41) is 29.7. The van der Waals surface area contributed by atoms with Crippen LogP contribution in [0.5, 0.6) is 5.88 Å². The van der Waals surface area contributed by atoms with Crippen molar-refractivity contribution in [2.24, 2.45) is 0 Å². The second kappa shape index (κ2) is 31.2. The fraction of sp³-hybridized carbons (Fsp3) is 0.487. The maximum atomic E-state index is 14.2. The smallest absolute Gasteiger partial charge is 0.349 e. The van der Waals surface area contributed by atoms with E-state index < -0.39 is 105 Å². The maximum Gasteiger partial charge on any atom is 0.349 e. The third-order valence-corrected chi connectivity index (χ3v) is 29.8. The zero-order chi connectivity index (χ0) is 82.5. The van der Waals surface area contributed by atoms with E-state index in [0.29, 0.717) is 53.6 Å². The minimum absolute atomic E-state index is 0.0320. The van der Waals surface area contributed by atoms with Crippen molar-refractivity contribution in [2.45, 2.75) is 225 Å². The van der Waals surface area contributed by atoms with Crippen molar-refractivity contribution in [3.05, 3.63) is 149 Å². The van der Waals surface area contributed by atoms with Gasteiger partial charge in [-0.2, -0.15) is 47.3 Å². The molecule has 0 saturated heterocycles. The summed E-state index contributed by atoms with van der Waals surface area (Å²) < 4.78 is 176. The van der Waals surface area contributed by atoms with Gasteiger partial charge in [0.25, 0.3) is 40.1 Å². The highest BCUT2D eigenvalue weighted by molar-refractivity contribution is 7.91. The van der Waals surface area contributed by atoms with Gasteiger partial charge in [-0.25, -0.2) is 71.7 Å². The minimum Gasteiger partial charge on any atom is -0.476 e. The minimum atomic E-state index is -4.46. The van der Waals surface area contributed by atoms with Gasteiger partial charge in [-0.05, 0) is 250 Å². The summed E-state index contributed by atoms with van der Waals surface area (Å²) >= 11 is 0. The molecule has 8 amide bonds. The van der Waals surface area contributed by atoms with Gasteiger partial charge in [-0.3, -0.25) is 14.3 Å². The molecule has 8 aliphatic carbocycles. The zero-order valence-electron chi connectivity index (χ0n) is 65.1. The molecule has 40 heteroatoms. The van der Waals surface area contributed by atoms with Crippen molar-refractivity contribution < 1.29 is 75.1 Å². The summed E-state index contributed by atoms with van der Waals surface area (Å²) in [4.78, 5) is 53.2. The van der Waals surface area contributed by atoms with Crippen molar-refractivity contribution in [2.75, 3.05) is 66.5 Å². The number of benzene rings is 4. The van der Waals surface area contributed by atoms with Crippen molar-refractivity contribution in [1.29, 1.82) is 0 Å². The number of aromatic nitrogens is 8. The van der Waals surface area contributed by atoms with Gasteiger partial charge in [-0.15, -0.1) is 0 Å². The molecule has 628 valence electrons. The number of anilines is 5. The number of hydrogen-bond donors (Lipinski definition) is 9. The second-order valence-electron chi connectivity index (χ2n) is 32.0. The second-order valence-corrected chi connectivity index (χ2v) is 38.6. The topological polar surface area (TPSA) is 400 Å². The van der Waals surface area contributed by atoms with Gasteiger partial charge >= 0.3 is 36.2 Å². The largest absolute Gasteiger partial charge is 0.476 e. The fourth-order valence-corrected chi connectivity index (χ4v) is 23.1. The Hall–Kier alpha value is -10.2. The van der Waals surface area contributed by atoms with Gasteiger partial charge in [0.1, 0.15) is 14.7 Å². The molecule has 0 atom stereocenters. The van der Waals surface area contributed by atoms with Crippen LogP contribution in [0.15, 0.2) is 68.6 Å². The average Bonchev–Trinajstić information content (AvgIpc) is 1.57. The number of carbonyl (C=O) groups excluding carboxylic acids is 4. The van der Waals surface area contributed by atoms with Crippen molar-refractivity contribution in [3.8, 4) is 5.88 Å². The summed E-state index contributed by atoms with van der Waals surface area (Å²) in [5.74, 6) is -0.814. The van der Waals surface area contributed by atoms with Crippen LogP contribution in [0.25, 0.3) is 0 Å². The Bertz CT molecular complexity index is 5840. The van der Waals surface area contributed by atoms with Crippen LogP contribution in [0, 0.1) is 0 Å². The van der Waals surface area contributed by atoms with Crippen LogP contribution >= 0.6 is 0 Å². The molecule has 0 bridgehead atoms. The number of nitrogens with zero attached hydrogens (tertiary/aromatic N) is 10. The predicted octanol–water partition coefficient (Wildman–Crippen LogP) is 8.75. The molecule has 9 N–H and O–H groups in total. The highest BCUT2D eigenvalue weighted by Crippen LogP contribution is 2.45. The Morgan fingerprint density at radius 1 is 0.398 bits per heavy atom. The van der Waals surface area contributed by atoms with Gasteiger partial charge in [0.05, 0.1) is 68.7 Å². The Labute approximate surface area is 678 Å². The van der Waals surface area contributed by atoms with E-state index in [-0.39, 0.29) is 33.4 Å². The number of aryl methyl sites for hydroxylation is 8. The number of halogens is 4. The Morgan fingerprint density at radius 3 is 1.13 bits per heavy atom.